The molecule has 0 radical (unpaired) electrons. The van der Waals surface area contributed by atoms with E-state index in [0.29, 0.717) is 11.5 Å². The molecule has 0 amide bonds. The summed E-state index contributed by atoms with van der Waals surface area (Å²) in [5.41, 5.74) is 1.32. The average molecular weight is 255 g/mol. The molecule has 1 fully saturated rings. The highest BCUT2D eigenvalue weighted by Crippen LogP contribution is 2.45. The molecule has 18 heavy (non-hydrogen) atoms. The van der Waals surface area contributed by atoms with Gasteiger partial charge in [0.25, 0.3) is 0 Å². The van der Waals surface area contributed by atoms with E-state index in [4.69, 9.17) is 0 Å². The van der Waals surface area contributed by atoms with Crippen LogP contribution in [0.25, 0.3) is 0 Å². The SMILES string of the molecule is CC(NC1CC1(C)C)c1cccc(OC(F)F)c1. The van der Waals surface area contributed by atoms with E-state index in [-0.39, 0.29) is 11.8 Å². The summed E-state index contributed by atoms with van der Waals surface area (Å²) in [5, 5.41) is 3.50. The first kappa shape index (κ1) is 13.3. The van der Waals surface area contributed by atoms with Crippen LogP contribution in [0, 0.1) is 5.41 Å². The number of alkyl halides is 2. The number of hydrogen-bond acceptors (Lipinski definition) is 2. The number of rotatable bonds is 5. The molecular formula is C14H19F2NO. The van der Waals surface area contributed by atoms with Crippen LogP contribution in [0.3, 0.4) is 0 Å². The van der Waals surface area contributed by atoms with Crippen molar-refractivity contribution in [3.63, 3.8) is 0 Å². The molecular weight excluding hydrogens is 236 g/mol. The van der Waals surface area contributed by atoms with Gasteiger partial charge in [0, 0.05) is 12.1 Å². The molecule has 2 nitrogen and oxygen atoms in total. The Morgan fingerprint density at radius 2 is 2.06 bits per heavy atom. The maximum Gasteiger partial charge on any atom is 0.387 e. The highest BCUT2D eigenvalue weighted by Gasteiger charge is 2.45. The van der Waals surface area contributed by atoms with E-state index in [2.05, 4.69) is 23.9 Å². The highest BCUT2D eigenvalue weighted by atomic mass is 19.3. The summed E-state index contributed by atoms with van der Waals surface area (Å²) in [6, 6.07) is 7.52. The van der Waals surface area contributed by atoms with Gasteiger partial charge in [-0.25, -0.2) is 0 Å². The first-order valence-electron chi connectivity index (χ1n) is 6.19. The van der Waals surface area contributed by atoms with Crippen LogP contribution >= 0.6 is 0 Å². The number of nitrogens with one attached hydrogen (secondary N) is 1. The van der Waals surface area contributed by atoms with Crippen molar-refractivity contribution >= 4 is 0 Å². The Labute approximate surface area is 106 Å². The number of halogens is 2. The second-order valence-electron chi connectivity index (χ2n) is 5.58. The number of hydrogen-bond donors (Lipinski definition) is 1. The number of ether oxygens (including phenoxy) is 1. The quantitative estimate of drug-likeness (QED) is 0.865. The first-order valence-corrected chi connectivity index (χ1v) is 6.19. The van der Waals surface area contributed by atoms with Crippen LogP contribution in [-0.2, 0) is 0 Å². The molecule has 0 bridgehead atoms. The monoisotopic (exact) mass is 255 g/mol. The minimum atomic E-state index is -2.77. The molecule has 0 spiro atoms. The zero-order chi connectivity index (χ0) is 13.3. The minimum absolute atomic E-state index is 0.137. The average Bonchev–Trinajstić information content (AvgIpc) is 2.85. The largest absolute Gasteiger partial charge is 0.435 e. The van der Waals surface area contributed by atoms with E-state index in [9.17, 15) is 8.78 Å². The maximum absolute atomic E-state index is 12.1. The van der Waals surface area contributed by atoms with Gasteiger partial charge < -0.3 is 10.1 Å². The topological polar surface area (TPSA) is 21.3 Å². The van der Waals surface area contributed by atoms with Crippen LogP contribution in [0.4, 0.5) is 8.78 Å². The fourth-order valence-electron chi connectivity index (χ4n) is 2.11. The standard InChI is InChI=1S/C14H19F2NO/c1-9(17-12-8-14(12,2)3)10-5-4-6-11(7-10)18-13(15)16/h4-7,9,12-13,17H,8H2,1-3H3. The molecule has 1 aromatic carbocycles. The summed E-state index contributed by atoms with van der Waals surface area (Å²) in [6.45, 7) is 3.70. The van der Waals surface area contributed by atoms with Crippen LogP contribution in [0.1, 0.15) is 38.8 Å². The number of benzene rings is 1. The lowest BCUT2D eigenvalue weighted by molar-refractivity contribution is -0.0499. The van der Waals surface area contributed by atoms with Crippen molar-refractivity contribution in [1.82, 2.24) is 5.32 Å². The van der Waals surface area contributed by atoms with Gasteiger partial charge in [-0.3, -0.25) is 0 Å². The molecule has 1 N–H and O–H groups in total. The molecule has 1 aliphatic rings. The van der Waals surface area contributed by atoms with Gasteiger partial charge in [-0.1, -0.05) is 26.0 Å². The van der Waals surface area contributed by atoms with Crippen LogP contribution in [0.15, 0.2) is 24.3 Å². The fraction of sp³-hybridized carbons (Fsp3) is 0.571. The van der Waals surface area contributed by atoms with Gasteiger partial charge in [-0.05, 0) is 36.5 Å². The van der Waals surface area contributed by atoms with Gasteiger partial charge >= 0.3 is 6.61 Å². The van der Waals surface area contributed by atoms with E-state index >= 15 is 0 Å². The summed E-state index contributed by atoms with van der Waals surface area (Å²) >= 11 is 0. The van der Waals surface area contributed by atoms with Crippen LogP contribution in [0.2, 0.25) is 0 Å². The first-order chi connectivity index (χ1) is 8.38. The molecule has 1 aromatic rings. The third kappa shape index (κ3) is 3.19. The molecule has 1 saturated carbocycles. The predicted octanol–water partition coefficient (Wildman–Crippen LogP) is 3.74. The van der Waals surface area contributed by atoms with Crippen molar-refractivity contribution in [2.75, 3.05) is 0 Å². The lowest BCUT2D eigenvalue weighted by atomic mass is 10.1. The molecule has 2 atom stereocenters. The van der Waals surface area contributed by atoms with E-state index in [1.807, 2.05) is 13.0 Å². The maximum atomic E-state index is 12.1. The summed E-state index contributed by atoms with van der Waals surface area (Å²) in [5.74, 6) is 0.214. The second-order valence-corrected chi connectivity index (χ2v) is 5.58. The Morgan fingerprint density at radius 3 is 2.61 bits per heavy atom. The minimum Gasteiger partial charge on any atom is -0.435 e. The zero-order valence-electron chi connectivity index (χ0n) is 10.9. The molecule has 0 saturated heterocycles. The van der Waals surface area contributed by atoms with Crippen molar-refractivity contribution in [2.24, 2.45) is 5.41 Å². The Balaban J connectivity index is 1.99. The summed E-state index contributed by atoms with van der Waals surface area (Å²) in [4.78, 5) is 0. The smallest absolute Gasteiger partial charge is 0.387 e. The van der Waals surface area contributed by atoms with E-state index in [1.54, 1.807) is 18.2 Å². The Kier molecular flexibility index (Phi) is 3.57. The van der Waals surface area contributed by atoms with Crippen LogP contribution in [-0.4, -0.2) is 12.7 Å². The van der Waals surface area contributed by atoms with E-state index < -0.39 is 6.61 Å². The van der Waals surface area contributed by atoms with Crippen LogP contribution in [0.5, 0.6) is 5.75 Å². The van der Waals surface area contributed by atoms with Crippen molar-refractivity contribution in [3.8, 4) is 5.75 Å². The molecule has 1 aliphatic carbocycles. The third-order valence-corrected chi connectivity index (χ3v) is 3.55. The molecule has 2 unspecified atom stereocenters. The van der Waals surface area contributed by atoms with Gasteiger partial charge in [-0.2, -0.15) is 8.78 Å². The van der Waals surface area contributed by atoms with Gasteiger partial charge in [0.15, 0.2) is 0 Å². The molecule has 100 valence electrons. The van der Waals surface area contributed by atoms with E-state index in [0.717, 1.165) is 12.0 Å². The lowest BCUT2D eigenvalue weighted by Crippen LogP contribution is -2.24. The predicted molar refractivity (Wildman–Crippen MR) is 66.8 cm³/mol. The summed E-state index contributed by atoms with van der Waals surface area (Å²) in [6.07, 6.45) is 1.16. The Bertz CT molecular complexity index is 420. The summed E-state index contributed by atoms with van der Waals surface area (Å²) < 4.78 is 28.7. The van der Waals surface area contributed by atoms with Gasteiger partial charge in [0.1, 0.15) is 5.75 Å². The van der Waals surface area contributed by atoms with Gasteiger partial charge in [0.05, 0.1) is 0 Å². The second kappa shape index (κ2) is 4.84. The molecule has 0 heterocycles. The zero-order valence-corrected chi connectivity index (χ0v) is 10.9. The Morgan fingerprint density at radius 1 is 1.39 bits per heavy atom. The fourth-order valence-corrected chi connectivity index (χ4v) is 2.11. The van der Waals surface area contributed by atoms with E-state index in [1.165, 1.54) is 0 Å². The molecule has 2 rings (SSSR count). The van der Waals surface area contributed by atoms with Crippen molar-refractivity contribution in [1.29, 1.82) is 0 Å². The molecule has 4 heteroatoms. The Hall–Kier alpha value is -1.16. The lowest BCUT2D eigenvalue weighted by Gasteiger charge is -2.16. The van der Waals surface area contributed by atoms with Crippen molar-refractivity contribution < 1.29 is 13.5 Å². The third-order valence-electron chi connectivity index (χ3n) is 3.55. The van der Waals surface area contributed by atoms with Crippen LogP contribution < -0.4 is 10.1 Å². The van der Waals surface area contributed by atoms with Gasteiger partial charge in [-0.15, -0.1) is 0 Å². The molecule has 0 aromatic heterocycles. The highest BCUT2D eigenvalue weighted by molar-refractivity contribution is 5.30. The normalized spacial score (nSPS) is 22.9. The summed E-state index contributed by atoms with van der Waals surface area (Å²) in [7, 11) is 0. The van der Waals surface area contributed by atoms with Gasteiger partial charge in [0.2, 0.25) is 0 Å². The van der Waals surface area contributed by atoms with Crippen molar-refractivity contribution in [3.05, 3.63) is 29.8 Å². The van der Waals surface area contributed by atoms with Crippen molar-refractivity contribution in [2.45, 2.75) is 45.9 Å². The molecule has 0 aliphatic heterocycles.